The maximum absolute atomic E-state index is 12.8. The molecule has 0 spiro atoms. The van der Waals surface area contributed by atoms with Gasteiger partial charge in [-0.1, -0.05) is 6.07 Å². The van der Waals surface area contributed by atoms with E-state index in [4.69, 9.17) is 9.47 Å². The number of benzene rings is 2. The Labute approximate surface area is 196 Å². The van der Waals surface area contributed by atoms with Crippen molar-refractivity contribution in [2.45, 2.75) is 44.6 Å². The lowest BCUT2D eigenvalue weighted by atomic mass is 10.0. The number of phenols is 1. The number of nitrogens with zero attached hydrogens (tertiary/aromatic N) is 1. The van der Waals surface area contributed by atoms with Gasteiger partial charge >= 0.3 is 0 Å². The number of hydrogen-bond acceptors (Lipinski definition) is 7. The number of ether oxygens (including phenoxy) is 2. The van der Waals surface area contributed by atoms with Crippen molar-refractivity contribution in [2.24, 2.45) is 0 Å². The van der Waals surface area contributed by atoms with Gasteiger partial charge in [0.15, 0.2) is 0 Å². The van der Waals surface area contributed by atoms with Gasteiger partial charge in [0.1, 0.15) is 23.3 Å². The van der Waals surface area contributed by atoms with Gasteiger partial charge < -0.3 is 14.6 Å². The number of carbonyl (C=O) groups is 4. The molecular formula is C25H26N2O7. The molecule has 2 aromatic carbocycles. The molecule has 0 bridgehead atoms. The molecule has 1 saturated heterocycles. The van der Waals surface area contributed by atoms with Crippen LogP contribution in [-0.2, 0) is 9.59 Å². The van der Waals surface area contributed by atoms with E-state index < -0.39 is 29.7 Å². The molecule has 178 valence electrons. The predicted octanol–water partition coefficient (Wildman–Crippen LogP) is 2.81. The van der Waals surface area contributed by atoms with Crippen LogP contribution < -0.4 is 14.8 Å². The molecule has 9 heteroatoms. The quantitative estimate of drug-likeness (QED) is 0.408. The highest BCUT2D eigenvalue weighted by Crippen LogP contribution is 2.30. The number of imide groups is 2. The van der Waals surface area contributed by atoms with Crippen LogP contribution in [0.15, 0.2) is 42.5 Å². The molecule has 4 amide bonds. The fourth-order valence-corrected chi connectivity index (χ4v) is 4.05. The number of nitrogens with one attached hydrogen (secondary N) is 1. The standard InChI is InChI=1S/C25H26N2O7/c28-16-6-5-7-17(14-16)33-12-3-1-2-4-13-34-18-8-9-19-20(15-18)25(32)27(24(19)31)21-10-11-22(29)26-23(21)30/h5-9,14-15,21,28H,1-4,10-13H2,(H,26,29,30). The summed E-state index contributed by atoms with van der Waals surface area (Å²) in [4.78, 5) is 50.0. The minimum absolute atomic E-state index is 0.0835. The molecule has 0 radical (unpaired) electrons. The number of amides is 4. The second-order valence-corrected chi connectivity index (χ2v) is 8.26. The minimum atomic E-state index is -0.981. The van der Waals surface area contributed by atoms with Crippen molar-refractivity contribution in [1.29, 1.82) is 0 Å². The van der Waals surface area contributed by atoms with Crippen LogP contribution in [-0.4, -0.2) is 52.9 Å². The Hall–Kier alpha value is -3.88. The van der Waals surface area contributed by atoms with E-state index in [9.17, 15) is 24.3 Å². The summed E-state index contributed by atoms with van der Waals surface area (Å²) in [6.07, 6.45) is 3.80. The number of aromatic hydroxyl groups is 1. The summed E-state index contributed by atoms with van der Waals surface area (Å²) in [5.74, 6) is -0.815. The number of phenolic OH excluding ortho intramolecular Hbond substituents is 1. The first kappa shape index (κ1) is 23.3. The Morgan fingerprint density at radius 3 is 2.21 bits per heavy atom. The summed E-state index contributed by atoms with van der Waals surface area (Å²) >= 11 is 0. The lowest BCUT2D eigenvalue weighted by Gasteiger charge is -2.27. The first-order chi connectivity index (χ1) is 16.4. The maximum atomic E-state index is 12.8. The van der Waals surface area contributed by atoms with Crippen LogP contribution in [0.5, 0.6) is 17.2 Å². The minimum Gasteiger partial charge on any atom is -0.508 e. The topological polar surface area (TPSA) is 122 Å². The van der Waals surface area contributed by atoms with Gasteiger partial charge in [-0.2, -0.15) is 0 Å². The fourth-order valence-electron chi connectivity index (χ4n) is 4.05. The molecule has 1 atom stereocenters. The van der Waals surface area contributed by atoms with Gasteiger partial charge in [-0.05, 0) is 62.4 Å². The van der Waals surface area contributed by atoms with Crippen molar-refractivity contribution < 1.29 is 33.8 Å². The summed E-state index contributed by atoms with van der Waals surface area (Å²) in [6, 6.07) is 10.4. The van der Waals surface area contributed by atoms with Gasteiger partial charge in [0.05, 0.1) is 24.3 Å². The summed E-state index contributed by atoms with van der Waals surface area (Å²) in [7, 11) is 0. The van der Waals surface area contributed by atoms with Crippen LogP contribution >= 0.6 is 0 Å². The van der Waals surface area contributed by atoms with Crippen LogP contribution in [0.2, 0.25) is 0 Å². The predicted molar refractivity (Wildman–Crippen MR) is 121 cm³/mol. The Morgan fingerprint density at radius 1 is 0.853 bits per heavy atom. The molecule has 1 fully saturated rings. The van der Waals surface area contributed by atoms with Gasteiger partial charge in [0, 0.05) is 12.5 Å². The summed E-state index contributed by atoms with van der Waals surface area (Å²) < 4.78 is 11.3. The molecule has 34 heavy (non-hydrogen) atoms. The molecular weight excluding hydrogens is 440 g/mol. The summed E-state index contributed by atoms with van der Waals surface area (Å²) in [5, 5.41) is 11.6. The van der Waals surface area contributed by atoms with Crippen molar-refractivity contribution in [2.75, 3.05) is 13.2 Å². The van der Waals surface area contributed by atoms with Gasteiger partial charge in [0.25, 0.3) is 11.8 Å². The molecule has 2 N–H and O–H groups in total. The van der Waals surface area contributed by atoms with E-state index in [1.54, 1.807) is 30.3 Å². The van der Waals surface area contributed by atoms with Gasteiger partial charge in [0.2, 0.25) is 11.8 Å². The summed E-state index contributed by atoms with van der Waals surface area (Å²) in [5.41, 5.74) is 0.435. The van der Waals surface area contributed by atoms with E-state index in [0.29, 0.717) is 24.7 Å². The molecule has 2 heterocycles. The van der Waals surface area contributed by atoms with E-state index >= 15 is 0 Å². The van der Waals surface area contributed by atoms with E-state index in [1.165, 1.54) is 12.1 Å². The highest BCUT2D eigenvalue weighted by molar-refractivity contribution is 6.23. The van der Waals surface area contributed by atoms with E-state index in [2.05, 4.69) is 5.32 Å². The summed E-state index contributed by atoms with van der Waals surface area (Å²) in [6.45, 7) is 1.03. The highest BCUT2D eigenvalue weighted by atomic mass is 16.5. The first-order valence-electron chi connectivity index (χ1n) is 11.3. The number of rotatable bonds is 10. The Kier molecular flexibility index (Phi) is 7.10. The molecule has 0 aromatic heterocycles. The third-order valence-electron chi connectivity index (χ3n) is 5.80. The Bertz CT molecular complexity index is 1110. The van der Waals surface area contributed by atoms with Gasteiger partial charge in [-0.15, -0.1) is 0 Å². The first-order valence-corrected chi connectivity index (χ1v) is 11.3. The van der Waals surface area contributed by atoms with Gasteiger partial charge in [-0.3, -0.25) is 29.4 Å². The van der Waals surface area contributed by atoms with Gasteiger partial charge in [-0.25, -0.2) is 0 Å². The second kappa shape index (κ2) is 10.4. The molecule has 1 unspecified atom stereocenters. The molecule has 9 nitrogen and oxygen atoms in total. The zero-order chi connectivity index (χ0) is 24.1. The molecule has 2 aromatic rings. The van der Waals surface area contributed by atoms with E-state index in [0.717, 1.165) is 30.6 Å². The fraction of sp³-hybridized carbons (Fsp3) is 0.360. The second-order valence-electron chi connectivity index (χ2n) is 8.26. The molecule has 2 aliphatic rings. The smallest absolute Gasteiger partial charge is 0.262 e. The Balaban J connectivity index is 1.21. The SMILES string of the molecule is O=C1CCC(N2C(=O)c3ccc(OCCCCCCOc4cccc(O)c4)cc3C2=O)C(=O)N1. The average Bonchev–Trinajstić information content (AvgIpc) is 3.05. The van der Waals surface area contributed by atoms with Crippen LogP contribution in [0.25, 0.3) is 0 Å². The zero-order valence-electron chi connectivity index (χ0n) is 18.6. The van der Waals surface area contributed by atoms with Crippen molar-refractivity contribution in [3.63, 3.8) is 0 Å². The van der Waals surface area contributed by atoms with E-state index in [1.807, 2.05) is 0 Å². The normalized spacial score (nSPS) is 17.5. The van der Waals surface area contributed by atoms with E-state index in [-0.39, 0.29) is 29.7 Å². The van der Waals surface area contributed by atoms with Crippen LogP contribution in [0.1, 0.15) is 59.2 Å². The Morgan fingerprint density at radius 2 is 1.53 bits per heavy atom. The van der Waals surface area contributed by atoms with Crippen LogP contribution in [0.4, 0.5) is 0 Å². The highest BCUT2D eigenvalue weighted by Gasteiger charge is 2.44. The number of hydrogen-bond donors (Lipinski definition) is 2. The molecule has 0 aliphatic carbocycles. The van der Waals surface area contributed by atoms with Crippen molar-refractivity contribution in [1.82, 2.24) is 10.2 Å². The number of unbranched alkanes of at least 4 members (excludes halogenated alkanes) is 3. The molecule has 4 rings (SSSR count). The van der Waals surface area contributed by atoms with Crippen molar-refractivity contribution in [3.8, 4) is 17.2 Å². The van der Waals surface area contributed by atoms with Crippen molar-refractivity contribution >= 4 is 23.6 Å². The third-order valence-corrected chi connectivity index (χ3v) is 5.80. The number of fused-ring (bicyclic) bond motifs is 1. The maximum Gasteiger partial charge on any atom is 0.262 e. The third kappa shape index (κ3) is 5.19. The van der Waals surface area contributed by atoms with Crippen molar-refractivity contribution in [3.05, 3.63) is 53.6 Å². The lowest BCUT2D eigenvalue weighted by molar-refractivity contribution is -0.136. The average molecular weight is 466 g/mol. The largest absolute Gasteiger partial charge is 0.508 e. The molecule has 0 saturated carbocycles. The lowest BCUT2D eigenvalue weighted by Crippen LogP contribution is -2.54. The van der Waals surface area contributed by atoms with Crippen LogP contribution in [0, 0.1) is 0 Å². The number of carbonyl (C=O) groups excluding carboxylic acids is 4. The number of piperidine rings is 1. The van der Waals surface area contributed by atoms with Crippen LogP contribution in [0.3, 0.4) is 0 Å². The molecule has 2 aliphatic heterocycles. The zero-order valence-corrected chi connectivity index (χ0v) is 18.6. The monoisotopic (exact) mass is 466 g/mol.